The van der Waals surface area contributed by atoms with E-state index in [2.05, 4.69) is 21.2 Å². The summed E-state index contributed by atoms with van der Waals surface area (Å²) in [4.78, 5) is 12.5. The van der Waals surface area contributed by atoms with E-state index in [1.54, 1.807) is 48.5 Å². The number of halogens is 2. The van der Waals surface area contributed by atoms with Gasteiger partial charge in [-0.25, -0.2) is 0 Å². The van der Waals surface area contributed by atoms with Gasteiger partial charge in [-0.1, -0.05) is 45.7 Å². The number of anilines is 1. The van der Waals surface area contributed by atoms with Gasteiger partial charge < -0.3 is 14.8 Å². The molecule has 0 aliphatic heterocycles. The van der Waals surface area contributed by atoms with Gasteiger partial charge in [0.15, 0.2) is 11.5 Å². The first-order valence-electron chi connectivity index (χ1n) is 9.22. The van der Waals surface area contributed by atoms with Crippen LogP contribution in [0.2, 0.25) is 5.02 Å². The van der Waals surface area contributed by atoms with Crippen molar-refractivity contribution in [3.63, 3.8) is 0 Å². The highest BCUT2D eigenvalue weighted by atomic mass is 79.9. The summed E-state index contributed by atoms with van der Waals surface area (Å²) in [5.41, 5.74) is 2.12. The van der Waals surface area contributed by atoms with E-state index in [9.17, 15) is 10.1 Å². The lowest BCUT2D eigenvalue weighted by molar-refractivity contribution is -0.112. The Morgan fingerprint density at radius 3 is 2.58 bits per heavy atom. The lowest BCUT2D eigenvalue weighted by Crippen LogP contribution is -2.13. The summed E-state index contributed by atoms with van der Waals surface area (Å²) in [6.45, 7) is 0.325. The standard InChI is InChI=1S/C24H18BrClN2O3/c1-30-23-13-16(5-10-22(23)31-15-17-3-2-4-20(26)12-17)11-18(14-27)24(29)28-21-8-6-19(25)7-9-21/h2-13H,15H2,1H3,(H,28,29)/b18-11+. The summed E-state index contributed by atoms with van der Waals surface area (Å²) in [5.74, 6) is 0.531. The molecule has 0 aliphatic rings. The highest BCUT2D eigenvalue weighted by Gasteiger charge is 2.11. The number of nitrogens with one attached hydrogen (secondary N) is 1. The van der Waals surface area contributed by atoms with E-state index in [4.69, 9.17) is 21.1 Å². The number of benzene rings is 3. The summed E-state index contributed by atoms with van der Waals surface area (Å²) >= 11 is 9.34. The predicted octanol–water partition coefficient (Wildman–Crippen LogP) is 6.24. The Balaban J connectivity index is 1.74. The first kappa shape index (κ1) is 22.4. The zero-order valence-electron chi connectivity index (χ0n) is 16.6. The molecule has 0 saturated heterocycles. The van der Waals surface area contributed by atoms with Gasteiger partial charge in [0.1, 0.15) is 18.2 Å². The van der Waals surface area contributed by atoms with Gasteiger partial charge in [-0.05, 0) is 65.7 Å². The number of hydrogen-bond donors (Lipinski definition) is 1. The van der Waals surface area contributed by atoms with Crippen molar-refractivity contribution in [1.82, 2.24) is 0 Å². The number of hydrogen-bond acceptors (Lipinski definition) is 4. The lowest BCUT2D eigenvalue weighted by atomic mass is 10.1. The van der Waals surface area contributed by atoms with Crippen LogP contribution in [-0.4, -0.2) is 13.0 Å². The Bertz CT molecular complexity index is 1150. The molecule has 0 spiro atoms. The van der Waals surface area contributed by atoms with Crippen molar-refractivity contribution in [3.05, 3.63) is 92.9 Å². The van der Waals surface area contributed by atoms with E-state index in [1.165, 1.54) is 13.2 Å². The van der Waals surface area contributed by atoms with E-state index >= 15 is 0 Å². The first-order valence-corrected chi connectivity index (χ1v) is 10.4. The Labute approximate surface area is 194 Å². The molecule has 7 heteroatoms. The first-order chi connectivity index (χ1) is 15.0. The van der Waals surface area contributed by atoms with Gasteiger partial charge in [-0.3, -0.25) is 4.79 Å². The summed E-state index contributed by atoms with van der Waals surface area (Å²) < 4.78 is 12.1. The number of nitrogens with zero attached hydrogens (tertiary/aromatic N) is 1. The van der Waals surface area contributed by atoms with Gasteiger partial charge in [-0.15, -0.1) is 0 Å². The van der Waals surface area contributed by atoms with Crippen LogP contribution in [0.3, 0.4) is 0 Å². The number of nitriles is 1. The minimum absolute atomic E-state index is 0.0300. The fraction of sp³-hybridized carbons (Fsp3) is 0.0833. The maximum atomic E-state index is 12.5. The number of rotatable bonds is 7. The number of ether oxygens (including phenoxy) is 2. The molecule has 31 heavy (non-hydrogen) atoms. The molecule has 0 bridgehead atoms. The molecule has 5 nitrogen and oxygen atoms in total. The molecule has 3 rings (SSSR count). The van der Waals surface area contributed by atoms with Crippen molar-refractivity contribution >= 4 is 45.2 Å². The van der Waals surface area contributed by atoms with Crippen LogP contribution >= 0.6 is 27.5 Å². The lowest BCUT2D eigenvalue weighted by Gasteiger charge is -2.12. The quantitative estimate of drug-likeness (QED) is 0.310. The Morgan fingerprint density at radius 1 is 1.13 bits per heavy atom. The highest BCUT2D eigenvalue weighted by molar-refractivity contribution is 9.10. The normalized spacial score (nSPS) is 10.8. The summed E-state index contributed by atoms with van der Waals surface area (Å²) in [6, 6.07) is 21.6. The van der Waals surface area contributed by atoms with Crippen LogP contribution in [0.5, 0.6) is 11.5 Å². The monoisotopic (exact) mass is 496 g/mol. The van der Waals surface area contributed by atoms with Crippen molar-refractivity contribution in [2.45, 2.75) is 6.61 Å². The molecule has 3 aromatic carbocycles. The van der Waals surface area contributed by atoms with Crippen LogP contribution in [0.4, 0.5) is 5.69 Å². The Kier molecular flexibility index (Phi) is 7.71. The van der Waals surface area contributed by atoms with Gasteiger partial charge in [0.25, 0.3) is 5.91 Å². The minimum atomic E-state index is -0.495. The van der Waals surface area contributed by atoms with E-state index in [0.29, 0.717) is 34.4 Å². The SMILES string of the molecule is COc1cc(/C=C(\C#N)C(=O)Nc2ccc(Br)cc2)ccc1OCc1cccc(Cl)c1. The topological polar surface area (TPSA) is 71.3 Å². The number of carbonyl (C=O) groups excluding carboxylic acids is 1. The summed E-state index contributed by atoms with van der Waals surface area (Å²) in [7, 11) is 1.53. The molecule has 156 valence electrons. The fourth-order valence-electron chi connectivity index (χ4n) is 2.73. The van der Waals surface area contributed by atoms with Crippen LogP contribution in [0.1, 0.15) is 11.1 Å². The van der Waals surface area contributed by atoms with Crippen LogP contribution in [0, 0.1) is 11.3 Å². The fourth-order valence-corrected chi connectivity index (χ4v) is 3.21. The van der Waals surface area contributed by atoms with E-state index < -0.39 is 5.91 Å². The highest BCUT2D eigenvalue weighted by Crippen LogP contribution is 2.30. The molecule has 3 aromatic rings. The average Bonchev–Trinajstić information content (AvgIpc) is 2.77. The third kappa shape index (κ3) is 6.35. The molecule has 0 radical (unpaired) electrons. The van der Waals surface area contributed by atoms with Gasteiger partial charge in [0, 0.05) is 15.2 Å². The Hall–Kier alpha value is -3.27. The number of methoxy groups -OCH3 is 1. The predicted molar refractivity (Wildman–Crippen MR) is 125 cm³/mol. The van der Waals surface area contributed by atoms with Crippen LogP contribution in [0.15, 0.2) is 76.8 Å². The molecule has 0 saturated carbocycles. The van der Waals surface area contributed by atoms with Crippen LogP contribution in [0.25, 0.3) is 6.08 Å². The van der Waals surface area contributed by atoms with Crippen molar-refractivity contribution < 1.29 is 14.3 Å². The van der Waals surface area contributed by atoms with E-state index in [0.717, 1.165) is 10.0 Å². The molecule has 0 fully saturated rings. The minimum Gasteiger partial charge on any atom is -0.493 e. The molecule has 0 unspecified atom stereocenters. The van der Waals surface area contributed by atoms with Crippen LogP contribution < -0.4 is 14.8 Å². The molecular formula is C24H18BrClN2O3. The van der Waals surface area contributed by atoms with Gasteiger partial charge in [0.2, 0.25) is 0 Å². The average molecular weight is 498 g/mol. The second kappa shape index (κ2) is 10.7. The molecule has 0 aromatic heterocycles. The van der Waals surface area contributed by atoms with Crippen molar-refractivity contribution in [3.8, 4) is 17.6 Å². The molecule has 0 aliphatic carbocycles. The zero-order chi connectivity index (χ0) is 22.2. The van der Waals surface area contributed by atoms with Crippen molar-refractivity contribution in [2.24, 2.45) is 0 Å². The third-order valence-electron chi connectivity index (χ3n) is 4.25. The maximum Gasteiger partial charge on any atom is 0.266 e. The second-order valence-electron chi connectivity index (χ2n) is 6.46. The molecular weight excluding hydrogens is 480 g/mol. The summed E-state index contributed by atoms with van der Waals surface area (Å²) in [6.07, 6.45) is 1.50. The largest absolute Gasteiger partial charge is 0.493 e. The zero-order valence-corrected chi connectivity index (χ0v) is 18.9. The van der Waals surface area contributed by atoms with E-state index in [-0.39, 0.29) is 5.57 Å². The summed E-state index contributed by atoms with van der Waals surface area (Å²) in [5, 5.41) is 12.8. The smallest absolute Gasteiger partial charge is 0.266 e. The number of carbonyl (C=O) groups is 1. The molecule has 0 heterocycles. The van der Waals surface area contributed by atoms with Crippen molar-refractivity contribution in [1.29, 1.82) is 5.26 Å². The maximum absolute atomic E-state index is 12.5. The second-order valence-corrected chi connectivity index (χ2v) is 7.81. The Morgan fingerprint density at radius 2 is 1.90 bits per heavy atom. The molecule has 1 N–H and O–H groups in total. The van der Waals surface area contributed by atoms with Crippen molar-refractivity contribution in [2.75, 3.05) is 12.4 Å². The van der Waals surface area contributed by atoms with Gasteiger partial charge in [0.05, 0.1) is 7.11 Å². The third-order valence-corrected chi connectivity index (χ3v) is 5.01. The van der Waals surface area contributed by atoms with Crippen LogP contribution in [-0.2, 0) is 11.4 Å². The van der Waals surface area contributed by atoms with Gasteiger partial charge >= 0.3 is 0 Å². The number of amides is 1. The molecule has 1 amide bonds. The van der Waals surface area contributed by atoms with Gasteiger partial charge in [-0.2, -0.15) is 5.26 Å². The molecule has 0 atom stereocenters. The van der Waals surface area contributed by atoms with E-state index in [1.807, 2.05) is 24.3 Å².